The van der Waals surface area contributed by atoms with Crippen LogP contribution in [0.25, 0.3) is 5.57 Å². The Bertz CT molecular complexity index is 698. The minimum Gasteiger partial charge on any atom is -0.370 e. The predicted octanol–water partition coefficient (Wildman–Crippen LogP) is 0.941. The van der Waals surface area contributed by atoms with E-state index in [2.05, 4.69) is 38.5 Å². The fourth-order valence-corrected chi connectivity index (χ4v) is 3.74. The first-order chi connectivity index (χ1) is 11.2. The fraction of sp³-hybridized carbons (Fsp3) is 0.412. The first-order valence-electron chi connectivity index (χ1n) is 8.06. The SMILES string of the molecule is C=C1/C(c2cnn(C)c2)=C\N/N=C\C=C/1N1CC2CNCC2C1. The topological polar surface area (TPSA) is 57.5 Å². The lowest BCUT2D eigenvalue weighted by molar-refractivity contribution is 0.399. The average Bonchev–Trinajstić information content (AvgIpc) is 3.19. The Labute approximate surface area is 136 Å². The van der Waals surface area contributed by atoms with Crippen molar-refractivity contribution in [2.45, 2.75) is 0 Å². The van der Waals surface area contributed by atoms with Crippen LogP contribution in [-0.4, -0.2) is 47.1 Å². The molecule has 6 nitrogen and oxygen atoms in total. The van der Waals surface area contributed by atoms with E-state index in [1.54, 1.807) is 4.68 Å². The van der Waals surface area contributed by atoms with Gasteiger partial charge in [0.05, 0.1) is 6.20 Å². The van der Waals surface area contributed by atoms with E-state index in [0.29, 0.717) is 0 Å². The van der Waals surface area contributed by atoms with Crippen LogP contribution < -0.4 is 10.7 Å². The van der Waals surface area contributed by atoms with Crippen molar-refractivity contribution >= 4 is 11.8 Å². The maximum atomic E-state index is 4.37. The lowest BCUT2D eigenvalue weighted by Gasteiger charge is -2.26. The summed E-state index contributed by atoms with van der Waals surface area (Å²) >= 11 is 0. The summed E-state index contributed by atoms with van der Waals surface area (Å²) in [6.45, 7) is 8.80. The van der Waals surface area contributed by atoms with Crippen molar-refractivity contribution in [1.29, 1.82) is 0 Å². The van der Waals surface area contributed by atoms with Crippen LogP contribution in [0.3, 0.4) is 0 Å². The minimum absolute atomic E-state index is 0.745. The van der Waals surface area contributed by atoms with Crippen molar-refractivity contribution in [1.82, 2.24) is 25.4 Å². The zero-order valence-electron chi connectivity index (χ0n) is 13.4. The molecule has 0 aromatic carbocycles. The van der Waals surface area contributed by atoms with Gasteiger partial charge in [-0.25, -0.2) is 0 Å². The quantitative estimate of drug-likeness (QED) is 0.854. The molecular weight excluding hydrogens is 288 g/mol. The van der Waals surface area contributed by atoms with Crippen LogP contribution in [0.4, 0.5) is 0 Å². The average molecular weight is 310 g/mol. The molecule has 0 bridgehead atoms. The first kappa shape index (κ1) is 14.3. The second kappa shape index (κ2) is 5.70. The molecule has 2 unspecified atom stereocenters. The van der Waals surface area contributed by atoms with Gasteiger partial charge in [-0.2, -0.15) is 10.2 Å². The summed E-state index contributed by atoms with van der Waals surface area (Å²) < 4.78 is 1.81. The third kappa shape index (κ3) is 2.59. The van der Waals surface area contributed by atoms with Gasteiger partial charge < -0.3 is 10.2 Å². The van der Waals surface area contributed by atoms with E-state index < -0.39 is 0 Å². The van der Waals surface area contributed by atoms with E-state index in [0.717, 1.165) is 54.7 Å². The third-order valence-corrected chi connectivity index (χ3v) is 4.97. The van der Waals surface area contributed by atoms with Crippen LogP contribution in [-0.2, 0) is 7.05 Å². The third-order valence-electron chi connectivity index (χ3n) is 4.97. The second-order valence-corrected chi connectivity index (χ2v) is 6.48. The van der Waals surface area contributed by atoms with Crippen molar-refractivity contribution in [2.24, 2.45) is 24.0 Å². The molecule has 4 rings (SSSR count). The van der Waals surface area contributed by atoms with Crippen molar-refractivity contribution in [3.8, 4) is 0 Å². The predicted molar refractivity (Wildman–Crippen MR) is 91.5 cm³/mol. The Morgan fingerprint density at radius 3 is 2.74 bits per heavy atom. The van der Waals surface area contributed by atoms with Gasteiger partial charge in [0.15, 0.2) is 0 Å². The molecule has 0 radical (unpaired) electrons. The van der Waals surface area contributed by atoms with Crippen LogP contribution in [0.2, 0.25) is 0 Å². The number of hydrogen-bond acceptors (Lipinski definition) is 5. The highest BCUT2D eigenvalue weighted by Gasteiger charge is 2.37. The van der Waals surface area contributed by atoms with E-state index in [1.165, 1.54) is 5.70 Å². The summed E-state index contributed by atoms with van der Waals surface area (Å²) in [5.74, 6) is 1.49. The highest BCUT2D eigenvalue weighted by atomic mass is 15.3. The molecule has 0 spiro atoms. The van der Waals surface area contributed by atoms with Crippen molar-refractivity contribution in [3.05, 3.63) is 48.1 Å². The second-order valence-electron chi connectivity index (χ2n) is 6.48. The van der Waals surface area contributed by atoms with Crippen molar-refractivity contribution in [3.63, 3.8) is 0 Å². The lowest BCUT2D eigenvalue weighted by Crippen LogP contribution is -2.27. The highest BCUT2D eigenvalue weighted by Crippen LogP contribution is 2.35. The number of hydrogen-bond donors (Lipinski definition) is 2. The summed E-state index contributed by atoms with van der Waals surface area (Å²) in [5.41, 5.74) is 7.24. The van der Waals surface area contributed by atoms with Crippen molar-refractivity contribution < 1.29 is 0 Å². The molecule has 23 heavy (non-hydrogen) atoms. The van der Waals surface area contributed by atoms with E-state index in [-0.39, 0.29) is 0 Å². The number of fused-ring (bicyclic) bond motifs is 1. The fourth-order valence-electron chi connectivity index (χ4n) is 3.74. The lowest BCUT2D eigenvalue weighted by atomic mass is 9.99. The number of hydrazone groups is 1. The van der Waals surface area contributed by atoms with E-state index >= 15 is 0 Å². The summed E-state index contributed by atoms with van der Waals surface area (Å²) in [7, 11) is 1.92. The number of aromatic nitrogens is 2. The molecular formula is C17H22N6. The van der Waals surface area contributed by atoms with E-state index in [1.807, 2.05) is 31.9 Å². The number of rotatable bonds is 2. The monoisotopic (exact) mass is 310 g/mol. The van der Waals surface area contributed by atoms with Crippen LogP contribution in [0, 0.1) is 11.8 Å². The summed E-state index contributed by atoms with van der Waals surface area (Å²) in [6.07, 6.45) is 9.65. The van der Waals surface area contributed by atoms with Crippen LogP contribution in [0.1, 0.15) is 5.56 Å². The smallest absolute Gasteiger partial charge is 0.0568 e. The number of likely N-dealkylation sites (tertiary alicyclic amines) is 1. The summed E-state index contributed by atoms with van der Waals surface area (Å²) in [6, 6.07) is 0. The standard InChI is InChI=1S/C17H22N6/c1-12-16(15-7-21-22(2)9-15)8-20-19-4-3-17(12)23-10-13-5-18-6-14(13)11-23/h3-4,7-9,13-14,18,20H,1,5-6,10-11H2,2H3/b16-8+,17-3+,19-4-. The zero-order chi connectivity index (χ0) is 15.8. The Balaban J connectivity index is 1.63. The molecule has 120 valence electrons. The normalized spacial score (nSPS) is 33.1. The Hall–Kier alpha value is -2.34. The molecule has 4 heterocycles. The maximum absolute atomic E-state index is 4.37. The molecule has 3 aliphatic heterocycles. The zero-order valence-corrected chi connectivity index (χ0v) is 13.4. The van der Waals surface area contributed by atoms with Gasteiger partial charge in [-0.3, -0.25) is 10.1 Å². The molecule has 1 aromatic rings. The molecule has 0 amide bonds. The van der Waals surface area contributed by atoms with E-state index in [4.69, 9.17) is 0 Å². The van der Waals surface area contributed by atoms with Gasteiger partial charge in [0.25, 0.3) is 0 Å². The molecule has 6 heteroatoms. The van der Waals surface area contributed by atoms with Gasteiger partial charge in [-0.15, -0.1) is 0 Å². The summed E-state index contributed by atoms with van der Waals surface area (Å²) in [4.78, 5) is 2.46. The Morgan fingerprint density at radius 1 is 1.26 bits per heavy atom. The number of nitrogens with one attached hydrogen (secondary N) is 2. The molecule has 2 fully saturated rings. The van der Waals surface area contributed by atoms with Crippen molar-refractivity contribution in [2.75, 3.05) is 26.2 Å². The molecule has 2 atom stereocenters. The van der Waals surface area contributed by atoms with Gasteiger partial charge >= 0.3 is 0 Å². The van der Waals surface area contributed by atoms with Gasteiger partial charge in [0.2, 0.25) is 0 Å². The summed E-state index contributed by atoms with van der Waals surface area (Å²) in [5, 5.41) is 12.0. The molecule has 2 saturated heterocycles. The molecule has 2 N–H and O–H groups in total. The Kier molecular flexibility index (Phi) is 3.53. The van der Waals surface area contributed by atoms with E-state index in [9.17, 15) is 0 Å². The van der Waals surface area contributed by atoms with Crippen LogP contribution in [0.5, 0.6) is 0 Å². The molecule has 0 aliphatic carbocycles. The number of allylic oxidation sites excluding steroid dienone is 2. The van der Waals surface area contributed by atoms with Gasteiger partial charge in [-0.1, -0.05) is 6.58 Å². The molecule has 0 saturated carbocycles. The maximum Gasteiger partial charge on any atom is 0.0568 e. The Morgan fingerprint density at radius 2 is 2.04 bits per heavy atom. The van der Waals surface area contributed by atoms with Gasteiger partial charge in [0.1, 0.15) is 0 Å². The molecule has 1 aromatic heterocycles. The van der Waals surface area contributed by atoms with Crippen LogP contribution in [0.15, 0.2) is 47.6 Å². The van der Waals surface area contributed by atoms with Crippen LogP contribution >= 0.6 is 0 Å². The van der Waals surface area contributed by atoms with Gasteiger partial charge in [0, 0.05) is 74.2 Å². The number of nitrogens with zero attached hydrogens (tertiary/aromatic N) is 4. The largest absolute Gasteiger partial charge is 0.370 e. The minimum atomic E-state index is 0.745. The van der Waals surface area contributed by atoms with Gasteiger partial charge in [-0.05, 0) is 17.9 Å². The number of aryl methyl sites for hydroxylation is 1. The highest BCUT2D eigenvalue weighted by molar-refractivity contribution is 5.86. The first-order valence-corrected chi connectivity index (χ1v) is 8.06. The molecule has 3 aliphatic rings.